The molecule has 3 heterocycles. The second kappa shape index (κ2) is 5.22. The molecule has 0 saturated carbocycles. The Morgan fingerprint density at radius 1 is 1.55 bits per heavy atom. The number of aromatic nitrogens is 2. The normalized spacial score (nSPS) is 23.2. The molecule has 2 atom stereocenters. The van der Waals surface area contributed by atoms with E-state index >= 15 is 0 Å². The number of fused-ring (bicyclic) bond motifs is 1. The minimum atomic E-state index is -0.308. The number of amides is 1. The maximum Gasteiger partial charge on any atom is 0.258 e. The van der Waals surface area contributed by atoms with Crippen molar-refractivity contribution in [1.29, 1.82) is 0 Å². The van der Waals surface area contributed by atoms with E-state index in [-0.39, 0.29) is 24.7 Å². The number of hydrogen-bond acceptors (Lipinski definition) is 4. The van der Waals surface area contributed by atoms with Crippen molar-refractivity contribution in [1.82, 2.24) is 14.5 Å². The van der Waals surface area contributed by atoms with Crippen LogP contribution in [0.4, 0.5) is 0 Å². The molecular weight excluding hydrogens is 258 g/mol. The first kappa shape index (κ1) is 13.1. The van der Waals surface area contributed by atoms with Gasteiger partial charge in [-0.2, -0.15) is 5.10 Å². The predicted octanol–water partition coefficient (Wildman–Crippen LogP) is 0.556. The number of ether oxygens (including phenoxy) is 1. The number of carbonyl (C=O) groups excluding carboxylic acids is 1. The van der Waals surface area contributed by atoms with E-state index in [2.05, 4.69) is 5.10 Å². The fraction of sp³-hybridized carbons (Fsp3) is 0.429. The molecule has 1 aliphatic rings. The quantitative estimate of drug-likeness (QED) is 0.869. The number of carbonyl (C=O) groups is 1. The van der Waals surface area contributed by atoms with E-state index in [1.54, 1.807) is 15.6 Å². The van der Waals surface area contributed by atoms with Gasteiger partial charge in [0.2, 0.25) is 0 Å². The number of morpholine rings is 1. The molecule has 2 aromatic rings. The van der Waals surface area contributed by atoms with Crippen molar-refractivity contribution >= 4 is 11.4 Å². The summed E-state index contributed by atoms with van der Waals surface area (Å²) in [4.78, 5) is 14.4. The van der Waals surface area contributed by atoms with Crippen LogP contribution in [0.3, 0.4) is 0 Å². The molecule has 6 nitrogen and oxygen atoms in total. The summed E-state index contributed by atoms with van der Waals surface area (Å²) in [5.41, 5.74) is 1.37. The SMILES string of the molecule is CC1COC(CO)CN1C(=O)c1cnn2ccccc12. The van der Waals surface area contributed by atoms with E-state index < -0.39 is 0 Å². The summed E-state index contributed by atoms with van der Waals surface area (Å²) in [5.74, 6) is -0.0690. The van der Waals surface area contributed by atoms with Crippen LogP contribution in [0.5, 0.6) is 0 Å². The summed E-state index contributed by atoms with van der Waals surface area (Å²) < 4.78 is 7.14. The van der Waals surface area contributed by atoms with Gasteiger partial charge in [0.05, 0.1) is 42.6 Å². The molecule has 0 spiro atoms. The molecule has 2 unspecified atom stereocenters. The Hall–Kier alpha value is -1.92. The predicted molar refractivity (Wildman–Crippen MR) is 72.5 cm³/mol. The molecule has 20 heavy (non-hydrogen) atoms. The highest BCUT2D eigenvalue weighted by molar-refractivity contribution is 6.00. The highest BCUT2D eigenvalue weighted by Crippen LogP contribution is 2.18. The molecule has 1 saturated heterocycles. The molecule has 0 bridgehead atoms. The van der Waals surface area contributed by atoms with E-state index in [4.69, 9.17) is 4.74 Å². The fourth-order valence-corrected chi connectivity index (χ4v) is 2.46. The van der Waals surface area contributed by atoms with E-state index in [1.165, 1.54) is 0 Å². The van der Waals surface area contributed by atoms with E-state index in [0.717, 1.165) is 5.52 Å². The third-order valence-corrected chi connectivity index (χ3v) is 3.63. The van der Waals surface area contributed by atoms with Crippen molar-refractivity contribution in [3.8, 4) is 0 Å². The molecule has 6 heteroatoms. The van der Waals surface area contributed by atoms with Crippen molar-refractivity contribution in [2.75, 3.05) is 19.8 Å². The van der Waals surface area contributed by atoms with Crippen LogP contribution in [-0.2, 0) is 4.74 Å². The van der Waals surface area contributed by atoms with Gasteiger partial charge in [0, 0.05) is 12.7 Å². The van der Waals surface area contributed by atoms with Crippen LogP contribution in [-0.4, -0.2) is 57.4 Å². The smallest absolute Gasteiger partial charge is 0.258 e. The zero-order valence-corrected chi connectivity index (χ0v) is 11.3. The molecule has 0 radical (unpaired) electrons. The van der Waals surface area contributed by atoms with Crippen molar-refractivity contribution < 1.29 is 14.6 Å². The standard InChI is InChI=1S/C14H17N3O3/c1-10-9-20-11(8-18)7-16(10)14(19)12-6-15-17-5-3-2-4-13(12)17/h2-6,10-11,18H,7-9H2,1H3. The van der Waals surface area contributed by atoms with Crippen LogP contribution >= 0.6 is 0 Å². The van der Waals surface area contributed by atoms with Gasteiger partial charge in [-0.3, -0.25) is 4.79 Å². The highest BCUT2D eigenvalue weighted by Gasteiger charge is 2.31. The van der Waals surface area contributed by atoms with Gasteiger partial charge in [-0.25, -0.2) is 4.52 Å². The lowest BCUT2D eigenvalue weighted by molar-refractivity contribution is -0.0666. The zero-order chi connectivity index (χ0) is 14.1. The van der Waals surface area contributed by atoms with Gasteiger partial charge in [-0.1, -0.05) is 6.07 Å². The minimum absolute atomic E-state index is 0.0102. The number of rotatable bonds is 2. The Kier molecular flexibility index (Phi) is 3.42. The molecule has 2 aromatic heterocycles. The van der Waals surface area contributed by atoms with Crippen LogP contribution in [0, 0.1) is 0 Å². The Balaban J connectivity index is 1.91. The first-order valence-corrected chi connectivity index (χ1v) is 6.66. The van der Waals surface area contributed by atoms with Gasteiger partial charge in [-0.15, -0.1) is 0 Å². The van der Waals surface area contributed by atoms with E-state index in [0.29, 0.717) is 18.7 Å². The lowest BCUT2D eigenvalue weighted by Crippen LogP contribution is -2.52. The monoisotopic (exact) mass is 275 g/mol. The summed E-state index contributed by atoms with van der Waals surface area (Å²) in [6, 6.07) is 5.61. The molecule has 0 aromatic carbocycles. The third kappa shape index (κ3) is 2.17. The van der Waals surface area contributed by atoms with Crippen molar-refractivity contribution in [2.45, 2.75) is 19.1 Å². The second-order valence-electron chi connectivity index (χ2n) is 5.03. The first-order chi connectivity index (χ1) is 9.70. The highest BCUT2D eigenvalue weighted by atomic mass is 16.5. The molecule has 1 fully saturated rings. The Labute approximate surface area is 116 Å². The second-order valence-corrected chi connectivity index (χ2v) is 5.03. The average Bonchev–Trinajstić information content (AvgIpc) is 2.91. The molecule has 106 valence electrons. The number of aliphatic hydroxyl groups excluding tert-OH is 1. The van der Waals surface area contributed by atoms with Gasteiger partial charge in [-0.05, 0) is 19.1 Å². The summed E-state index contributed by atoms with van der Waals surface area (Å²) in [6.07, 6.45) is 3.09. The average molecular weight is 275 g/mol. The zero-order valence-electron chi connectivity index (χ0n) is 11.3. The summed E-state index contributed by atoms with van der Waals surface area (Å²) in [5, 5.41) is 13.4. The summed E-state index contributed by atoms with van der Waals surface area (Å²) in [6.45, 7) is 2.71. The lowest BCUT2D eigenvalue weighted by atomic mass is 10.1. The number of hydrogen-bond donors (Lipinski definition) is 1. The largest absolute Gasteiger partial charge is 0.394 e. The van der Waals surface area contributed by atoms with Gasteiger partial charge in [0.25, 0.3) is 5.91 Å². The number of nitrogens with zero attached hydrogens (tertiary/aromatic N) is 3. The van der Waals surface area contributed by atoms with Gasteiger partial charge in [0.15, 0.2) is 0 Å². The third-order valence-electron chi connectivity index (χ3n) is 3.63. The van der Waals surface area contributed by atoms with Crippen LogP contribution in [0.25, 0.3) is 5.52 Å². The van der Waals surface area contributed by atoms with Crippen LogP contribution in [0.2, 0.25) is 0 Å². The molecule has 1 aliphatic heterocycles. The molecule has 1 amide bonds. The molecule has 1 N–H and O–H groups in total. The molecule has 3 rings (SSSR count). The summed E-state index contributed by atoms with van der Waals surface area (Å²) >= 11 is 0. The number of aliphatic hydroxyl groups is 1. The van der Waals surface area contributed by atoms with Crippen molar-refractivity contribution in [2.24, 2.45) is 0 Å². The summed E-state index contributed by atoms with van der Waals surface area (Å²) in [7, 11) is 0. The van der Waals surface area contributed by atoms with E-state index in [1.807, 2.05) is 31.3 Å². The Morgan fingerprint density at radius 3 is 3.20 bits per heavy atom. The number of pyridine rings is 1. The van der Waals surface area contributed by atoms with Crippen molar-refractivity contribution in [3.63, 3.8) is 0 Å². The van der Waals surface area contributed by atoms with Gasteiger partial charge < -0.3 is 14.7 Å². The van der Waals surface area contributed by atoms with Crippen molar-refractivity contribution in [3.05, 3.63) is 36.2 Å². The van der Waals surface area contributed by atoms with Crippen LogP contribution in [0.1, 0.15) is 17.3 Å². The van der Waals surface area contributed by atoms with Gasteiger partial charge >= 0.3 is 0 Å². The van der Waals surface area contributed by atoms with Crippen LogP contribution in [0.15, 0.2) is 30.6 Å². The maximum atomic E-state index is 12.7. The molecular formula is C14H17N3O3. The van der Waals surface area contributed by atoms with Gasteiger partial charge in [0.1, 0.15) is 0 Å². The fourth-order valence-electron chi connectivity index (χ4n) is 2.46. The van der Waals surface area contributed by atoms with Crippen LogP contribution < -0.4 is 0 Å². The minimum Gasteiger partial charge on any atom is -0.394 e. The Morgan fingerprint density at radius 2 is 2.40 bits per heavy atom. The molecule has 0 aliphatic carbocycles. The Bertz CT molecular complexity index is 625. The first-order valence-electron chi connectivity index (χ1n) is 6.66. The topological polar surface area (TPSA) is 67.1 Å². The lowest BCUT2D eigenvalue weighted by Gasteiger charge is -2.37. The van der Waals surface area contributed by atoms with E-state index in [9.17, 15) is 9.90 Å². The maximum absolute atomic E-state index is 12.7.